The van der Waals surface area contributed by atoms with Crippen LogP contribution in [0.2, 0.25) is 0 Å². The number of hydrogen-bond donors (Lipinski definition) is 2. The molecule has 0 spiro atoms. The van der Waals surface area contributed by atoms with Crippen LogP contribution in [-0.2, 0) is 11.5 Å². The average Bonchev–Trinajstić information content (AvgIpc) is 2.86. The zero-order valence-electron chi connectivity index (χ0n) is 10.5. The number of nitrogen functional groups attached to an aromatic ring is 1. The molecule has 3 N–H and O–H groups in total. The van der Waals surface area contributed by atoms with E-state index in [0.717, 1.165) is 55.1 Å². The molecule has 6 nitrogen and oxygen atoms in total. The number of rotatable bonds is 2. The number of aromatic nitrogens is 2. The minimum absolute atomic E-state index is 0.791. The van der Waals surface area contributed by atoms with E-state index in [1.54, 1.807) is 0 Å². The Kier molecular flexibility index (Phi) is 3.27. The van der Waals surface area contributed by atoms with Gasteiger partial charge in [-0.3, -0.25) is 0 Å². The second kappa shape index (κ2) is 4.91. The number of likely N-dealkylation sites (N-methyl/N-ethyl adjacent to an activating group) is 1. The maximum Gasteiger partial charge on any atom is 0.227 e. The van der Waals surface area contributed by atoms with Gasteiger partial charge in [0.2, 0.25) is 5.95 Å². The Morgan fingerprint density at radius 2 is 1.94 bits per heavy atom. The van der Waals surface area contributed by atoms with Gasteiger partial charge >= 0.3 is 0 Å². The van der Waals surface area contributed by atoms with Crippen molar-refractivity contribution in [1.29, 1.82) is 0 Å². The summed E-state index contributed by atoms with van der Waals surface area (Å²) in [5.41, 5.74) is 5.02. The fourth-order valence-electron chi connectivity index (χ4n) is 2.31. The standard InChI is InChI=1S/C11H18N6S/c1-16-2-4-17(5-3-16)11-13-9-7-18-6-8(9)10(14-11)15-12/h2-7,12H2,1H3,(H,13,14,15). The van der Waals surface area contributed by atoms with Gasteiger partial charge in [0.15, 0.2) is 0 Å². The molecular weight excluding hydrogens is 248 g/mol. The molecule has 18 heavy (non-hydrogen) atoms. The molecule has 0 unspecified atom stereocenters. The van der Waals surface area contributed by atoms with Crippen LogP contribution in [0.3, 0.4) is 0 Å². The van der Waals surface area contributed by atoms with Crippen molar-refractivity contribution in [2.75, 3.05) is 43.6 Å². The molecule has 0 bridgehead atoms. The monoisotopic (exact) mass is 266 g/mol. The zero-order valence-corrected chi connectivity index (χ0v) is 11.3. The molecule has 98 valence electrons. The van der Waals surface area contributed by atoms with E-state index in [0.29, 0.717) is 0 Å². The van der Waals surface area contributed by atoms with Crippen molar-refractivity contribution >= 4 is 23.5 Å². The van der Waals surface area contributed by atoms with E-state index in [2.05, 4.69) is 27.3 Å². The van der Waals surface area contributed by atoms with E-state index < -0.39 is 0 Å². The topological polar surface area (TPSA) is 70.3 Å². The van der Waals surface area contributed by atoms with Gasteiger partial charge in [-0.25, -0.2) is 10.8 Å². The number of hydrogen-bond acceptors (Lipinski definition) is 7. The van der Waals surface area contributed by atoms with Crippen molar-refractivity contribution in [3.8, 4) is 0 Å². The maximum absolute atomic E-state index is 5.57. The fourth-order valence-corrected chi connectivity index (χ4v) is 3.35. The summed E-state index contributed by atoms with van der Waals surface area (Å²) in [5.74, 6) is 9.10. The second-order valence-electron chi connectivity index (χ2n) is 4.72. The lowest BCUT2D eigenvalue weighted by molar-refractivity contribution is 0.311. The first-order valence-electron chi connectivity index (χ1n) is 6.15. The first kappa shape index (κ1) is 12.0. The predicted molar refractivity (Wildman–Crippen MR) is 74.6 cm³/mol. The van der Waals surface area contributed by atoms with Gasteiger partial charge in [0.05, 0.1) is 5.69 Å². The molecule has 2 aliphatic rings. The molecule has 2 aliphatic heterocycles. The Bertz CT molecular complexity index is 443. The van der Waals surface area contributed by atoms with Crippen LogP contribution in [-0.4, -0.2) is 48.1 Å². The van der Waals surface area contributed by atoms with Crippen molar-refractivity contribution in [2.45, 2.75) is 11.5 Å². The minimum Gasteiger partial charge on any atom is -0.338 e. The Labute approximate surface area is 111 Å². The molecule has 0 aromatic carbocycles. The summed E-state index contributed by atoms with van der Waals surface area (Å²) in [6.07, 6.45) is 0. The molecule has 1 fully saturated rings. The summed E-state index contributed by atoms with van der Waals surface area (Å²) >= 11 is 1.86. The number of nitrogens with zero attached hydrogens (tertiary/aromatic N) is 4. The Hall–Kier alpha value is -1.05. The molecule has 3 heterocycles. The van der Waals surface area contributed by atoms with Gasteiger partial charge in [-0.1, -0.05) is 0 Å². The summed E-state index contributed by atoms with van der Waals surface area (Å²) in [4.78, 5) is 13.8. The third-order valence-electron chi connectivity index (χ3n) is 3.49. The van der Waals surface area contributed by atoms with Crippen LogP contribution in [0.5, 0.6) is 0 Å². The van der Waals surface area contributed by atoms with Crippen molar-refractivity contribution in [2.24, 2.45) is 5.84 Å². The molecule has 0 atom stereocenters. The predicted octanol–water partition coefficient (Wildman–Crippen LogP) is 0.261. The lowest BCUT2D eigenvalue weighted by Gasteiger charge is -2.32. The normalized spacial score (nSPS) is 20.0. The number of nitrogens with one attached hydrogen (secondary N) is 1. The highest BCUT2D eigenvalue weighted by Gasteiger charge is 2.23. The highest BCUT2D eigenvalue weighted by Crippen LogP contribution is 2.33. The van der Waals surface area contributed by atoms with E-state index in [1.807, 2.05) is 11.8 Å². The van der Waals surface area contributed by atoms with E-state index in [4.69, 9.17) is 10.8 Å². The molecule has 7 heteroatoms. The largest absolute Gasteiger partial charge is 0.338 e. The van der Waals surface area contributed by atoms with E-state index in [1.165, 1.54) is 5.56 Å². The van der Waals surface area contributed by atoms with E-state index >= 15 is 0 Å². The molecule has 1 aromatic rings. The molecule has 1 aromatic heterocycles. The summed E-state index contributed by atoms with van der Waals surface area (Å²) in [7, 11) is 2.14. The van der Waals surface area contributed by atoms with Gasteiger partial charge in [0.1, 0.15) is 5.82 Å². The first-order valence-corrected chi connectivity index (χ1v) is 7.31. The number of hydrazine groups is 1. The van der Waals surface area contributed by atoms with Crippen LogP contribution in [0.4, 0.5) is 11.8 Å². The van der Waals surface area contributed by atoms with E-state index in [9.17, 15) is 0 Å². The quantitative estimate of drug-likeness (QED) is 0.588. The van der Waals surface area contributed by atoms with Crippen LogP contribution >= 0.6 is 11.8 Å². The average molecular weight is 266 g/mol. The van der Waals surface area contributed by atoms with Crippen LogP contribution in [0.25, 0.3) is 0 Å². The lowest BCUT2D eigenvalue weighted by Crippen LogP contribution is -2.45. The number of anilines is 2. The summed E-state index contributed by atoms with van der Waals surface area (Å²) < 4.78 is 0. The van der Waals surface area contributed by atoms with Gasteiger partial charge in [0.25, 0.3) is 0 Å². The second-order valence-corrected chi connectivity index (χ2v) is 5.71. The third-order valence-corrected chi connectivity index (χ3v) is 4.46. The molecule has 1 saturated heterocycles. The van der Waals surface area contributed by atoms with Crippen molar-refractivity contribution in [3.63, 3.8) is 0 Å². The van der Waals surface area contributed by atoms with Crippen molar-refractivity contribution in [1.82, 2.24) is 14.9 Å². The summed E-state index contributed by atoms with van der Waals surface area (Å²) in [6.45, 7) is 4.07. The van der Waals surface area contributed by atoms with Crippen LogP contribution in [0.1, 0.15) is 11.3 Å². The highest BCUT2D eigenvalue weighted by atomic mass is 32.2. The first-order chi connectivity index (χ1) is 8.78. The molecule has 0 aliphatic carbocycles. The van der Waals surface area contributed by atoms with Crippen LogP contribution in [0.15, 0.2) is 0 Å². The van der Waals surface area contributed by atoms with Crippen molar-refractivity contribution < 1.29 is 0 Å². The molecular formula is C11H18N6S. The maximum atomic E-state index is 5.57. The van der Waals surface area contributed by atoms with Crippen LogP contribution < -0.4 is 16.2 Å². The fraction of sp³-hybridized carbons (Fsp3) is 0.636. The Morgan fingerprint density at radius 3 is 2.67 bits per heavy atom. The SMILES string of the molecule is CN1CCN(c2nc3c(c(NN)n2)CSC3)CC1. The van der Waals surface area contributed by atoms with Gasteiger partial charge in [-0.05, 0) is 7.05 Å². The van der Waals surface area contributed by atoms with Crippen LogP contribution in [0, 0.1) is 0 Å². The minimum atomic E-state index is 0.791. The van der Waals surface area contributed by atoms with E-state index in [-0.39, 0.29) is 0 Å². The number of thioether (sulfide) groups is 1. The Balaban J connectivity index is 1.88. The van der Waals surface area contributed by atoms with Gasteiger partial charge in [-0.15, -0.1) is 0 Å². The van der Waals surface area contributed by atoms with Gasteiger partial charge in [-0.2, -0.15) is 16.7 Å². The summed E-state index contributed by atoms with van der Waals surface area (Å²) in [6, 6.07) is 0. The molecule has 0 radical (unpaired) electrons. The summed E-state index contributed by atoms with van der Waals surface area (Å²) in [5, 5.41) is 0. The molecule has 0 saturated carbocycles. The Morgan fingerprint density at radius 1 is 1.17 bits per heavy atom. The van der Waals surface area contributed by atoms with Crippen molar-refractivity contribution in [3.05, 3.63) is 11.3 Å². The number of piperazine rings is 1. The third kappa shape index (κ3) is 2.13. The zero-order chi connectivity index (χ0) is 12.5. The lowest BCUT2D eigenvalue weighted by atomic mass is 10.2. The highest BCUT2D eigenvalue weighted by molar-refractivity contribution is 7.98. The van der Waals surface area contributed by atoms with Gasteiger partial charge < -0.3 is 15.2 Å². The number of nitrogens with two attached hydrogens (primary N) is 1. The van der Waals surface area contributed by atoms with Gasteiger partial charge in [0, 0.05) is 43.2 Å². The molecule has 3 rings (SSSR count). The number of fused-ring (bicyclic) bond motifs is 1. The molecule has 0 amide bonds. The smallest absolute Gasteiger partial charge is 0.227 e.